The van der Waals surface area contributed by atoms with Crippen molar-refractivity contribution in [1.82, 2.24) is 10.2 Å². The molecule has 0 unspecified atom stereocenters. The molecule has 184 valence electrons. The molecule has 0 aromatic heterocycles. The van der Waals surface area contributed by atoms with E-state index in [1.54, 1.807) is 13.1 Å². The van der Waals surface area contributed by atoms with Gasteiger partial charge in [-0.3, -0.25) is 4.79 Å². The molecule has 0 radical (unpaired) electrons. The number of hydrogen-bond acceptors (Lipinski definition) is 5. The van der Waals surface area contributed by atoms with E-state index in [-0.39, 0.29) is 29.4 Å². The van der Waals surface area contributed by atoms with E-state index in [1.165, 1.54) is 4.90 Å². The van der Waals surface area contributed by atoms with Crippen LogP contribution in [0.1, 0.15) is 59.3 Å². The van der Waals surface area contributed by atoms with Gasteiger partial charge in [0.1, 0.15) is 11.6 Å². The van der Waals surface area contributed by atoms with E-state index in [2.05, 4.69) is 24.2 Å². The van der Waals surface area contributed by atoms with E-state index in [9.17, 15) is 19.2 Å². The van der Waals surface area contributed by atoms with Crippen molar-refractivity contribution in [2.75, 3.05) is 13.2 Å². The first-order valence-corrected chi connectivity index (χ1v) is 15.1. The molecule has 1 saturated heterocycles. The number of aliphatic imine (C=N–C) groups is 1. The van der Waals surface area contributed by atoms with Gasteiger partial charge in [-0.1, -0.05) is 26.0 Å². The Hall–Kier alpha value is -2.00. The number of amides is 3. The molecule has 8 nitrogen and oxygen atoms in total. The number of carbonyl (C=O) groups is 3. The summed E-state index contributed by atoms with van der Waals surface area (Å²) in [6.07, 6.45) is 9.75. The fraction of sp³-hybridized carbons (Fsp3) is 0.750. The van der Waals surface area contributed by atoms with Crippen LogP contribution in [-0.4, -0.2) is 66.9 Å². The maximum Gasteiger partial charge on any atom is 0.332 e. The molecule has 33 heavy (non-hydrogen) atoms. The smallest absolute Gasteiger partial charge is 0.332 e. The molecular formula is C24H39N3O5Si. The quantitative estimate of drug-likeness (QED) is 0.358. The number of urea groups is 1. The van der Waals surface area contributed by atoms with Gasteiger partial charge in [-0.05, 0) is 69.5 Å². The van der Waals surface area contributed by atoms with Gasteiger partial charge in [0, 0.05) is 18.7 Å². The number of nitrogens with zero attached hydrogens (tertiary/aromatic N) is 2. The van der Waals surface area contributed by atoms with Crippen LogP contribution in [0.15, 0.2) is 17.1 Å². The van der Waals surface area contributed by atoms with Crippen molar-refractivity contribution in [3.8, 4) is 0 Å². The Labute approximate surface area is 198 Å². The van der Waals surface area contributed by atoms with Gasteiger partial charge in [-0.15, -0.1) is 0 Å². The average Bonchev–Trinajstić information content (AvgIpc) is 3.24. The molecule has 1 saturated carbocycles. The van der Waals surface area contributed by atoms with Crippen molar-refractivity contribution in [3.05, 3.63) is 12.2 Å². The van der Waals surface area contributed by atoms with E-state index in [0.717, 1.165) is 12.8 Å². The van der Waals surface area contributed by atoms with Crippen LogP contribution < -0.4 is 5.32 Å². The van der Waals surface area contributed by atoms with Gasteiger partial charge in [0.15, 0.2) is 8.32 Å². The first-order chi connectivity index (χ1) is 15.4. The second-order valence-corrected chi connectivity index (χ2v) is 15.3. The lowest BCUT2D eigenvalue weighted by molar-refractivity contribution is -0.147. The lowest BCUT2D eigenvalue weighted by atomic mass is 9.94. The molecule has 2 heterocycles. The predicted molar refractivity (Wildman–Crippen MR) is 129 cm³/mol. The summed E-state index contributed by atoms with van der Waals surface area (Å²) < 4.78 is 5.28. The fourth-order valence-corrected chi connectivity index (χ4v) is 5.59. The summed E-state index contributed by atoms with van der Waals surface area (Å²) in [6.45, 7) is 10.3. The number of hydrogen-bond donors (Lipinski definition) is 2. The summed E-state index contributed by atoms with van der Waals surface area (Å²) in [5.74, 6) is -0.787. The molecule has 3 amide bonds. The van der Waals surface area contributed by atoms with Gasteiger partial charge in [0.05, 0.1) is 6.61 Å². The Balaban J connectivity index is 1.86. The zero-order valence-corrected chi connectivity index (χ0v) is 21.6. The summed E-state index contributed by atoms with van der Waals surface area (Å²) in [5, 5.41) is 2.66. The summed E-state index contributed by atoms with van der Waals surface area (Å²) in [4.78, 5) is 55.5. The van der Waals surface area contributed by atoms with E-state index in [4.69, 9.17) is 4.74 Å². The second-order valence-electron chi connectivity index (χ2n) is 10.9. The van der Waals surface area contributed by atoms with Crippen molar-refractivity contribution in [1.29, 1.82) is 0 Å². The van der Waals surface area contributed by atoms with E-state index < -0.39 is 31.9 Å². The van der Waals surface area contributed by atoms with Crippen LogP contribution in [0.5, 0.6) is 0 Å². The fourth-order valence-electron chi connectivity index (χ4n) is 4.80. The van der Waals surface area contributed by atoms with Crippen LogP contribution >= 0.6 is 0 Å². The normalized spacial score (nSPS) is 32.8. The maximum atomic E-state index is 13.4. The SMILES string of the molecule is CCOC(=O)[C@@]12C[C@H]1/C=C\CCC/C=N/C(=O)[C@@H]1C[C@@H](CC(C)(C)[Si](C)(C)O)CN1C(=O)N2. The highest BCUT2D eigenvalue weighted by Crippen LogP contribution is 2.47. The molecule has 1 aliphatic carbocycles. The van der Waals surface area contributed by atoms with E-state index in [0.29, 0.717) is 32.2 Å². The van der Waals surface area contributed by atoms with E-state index in [1.807, 2.05) is 25.2 Å². The molecule has 0 bridgehead atoms. The van der Waals surface area contributed by atoms with Crippen LogP contribution in [0.3, 0.4) is 0 Å². The van der Waals surface area contributed by atoms with Gasteiger partial charge in [-0.2, -0.15) is 0 Å². The van der Waals surface area contributed by atoms with Gasteiger partial charge >= 0.3 is 12.0 Å². The number of ether oxygens (including phenoxy) is 1. The van der Waals surface area contributed by atoms with Gasteiger partial charge < -0.3 is 19.7 Å². The molecule has 0 spiro atoms. The van der Waals surface area contributed by atoms with Crippen LogP contribution in [0.4, 0.5) is 4.79 Å². The van der Waals surface area contributed by atoms with Gasteiger partial charge in [0.25, 0.3) is 5.91 Å². The molecule has 3 rings (SSSR count). The van der Waals surface area contributed by atoms with Gasteiger partial charge in [0.2, 0.25) is 0 Å². The molecule has 2 N–H and O–H groups in total. The Morgan fingerprint density at radius 3 is 2.76 bits per heavy atom. The summed E-state index contributed by atoms with van der Waals surface area (Å²) >= 11 is 0. The third-order valence-corrected chi connectivity index (χ3v) is 11.2. The Morgan fingerprint density at radius 2 is 2.09 bits per heavy atom. The number of rotatable bonds is 5. The van der Waals surface area contributed by atoms with Crippen molar-refractivity contribution in [3.63, 3.8) is 0 Å². The number of allylic oxidation sites excluding steroid dienone is 1. The first kappa shape index (κ1) is 25.6. The zero-order chi connectivity index (χ0) is 24.4. The molecule has 3 aliphatic rings. The molecule has 2 aliphatic heterocycles. The Bertz CT molecular complexity index is 834. The molecule has 9 heteroatoms. The summed E-state index contributed by atoms with van der Waals surface area (Å²) in [7, 11) is -2.44. The molecule has 4 atom stereocenters. The number of nitrogens with one attached hydrogen (secondary N) is 1. The van der Waals surface area contributed by atoms with Crippen LogP contribution in [0.2, 0.25) is 18.1 Å². The van der Waals surface area contributed by atoms with Crippen molar-refractivity contribution >= 4 is 32.4 Å². The van der Waals surface area contributed by atoms with Crippen molar-refractivity contribution in [2.45, 2.75) is 89.0 Å². The zero-order valence-electron chi connectivity index (χ0n) is 20.6. The minimum absolute atomic E-state index is 0.0675. The highest BCUT2D eigenvalue weighted by Gasteiger charge is 2.62. The number of carbonyl (C=O) groups excluding carboxylic acids is 3. The predicted octanol–water partition coefficient (Wildman–Crippen LogP) is 3.41. The van der Waals surface area contributed by atoms with Crippen LogP contribution in [-0.2, 0) is 14.3 Å². The standard InChI is InChI=1S/C24H39N3O5Si/c1-6-32-21(29)24-15-18(24)11-9-7-8-10-12-25-20(28)19-13-17(16-27(19)22(30)26-24)14-23(2,3)33(4,5)31/h9,11-12,17-19,31H,6-8,10,13-16H2,1-5H3,(H,26,30)/b11-9-,25-12+/t17-,18+,19-,24+/m0/s1. The molecule has 2 fully saturated rings. The maximum absolute atomic E-state index is 13.4. The summed E-state index contributed by atoms with van der Waals surface area (Å²) in [5.41, 5.74) is -1.07. The Morgan fingerprint density at radius 1 is 1.36 bits per heavy atom. The van der Waals surface area contributed by atoms with Crippen molar-refractivity contribution in [2.24, 2.45) is 16.8 Å². The minimum Gasteiger partial charge on any atom is -0.464 e. The third-order valence-electron chi connectivity index (χ3n) is 7.66. The van der Waals surface area contributed by atoms with Crippen LogP contribution in [0.25, 0.3) is 0 Å². The molecular weight excluding hydrogens is 438 g/mol. The summed E-state index contributed by atoms with van der Waals surface area (Å²) in [6, 6.07) is -1.09. The highest BCUT2D eigenvalue weighted by atomic mass is 28.4. The number of esters is 1. The molecule has 0 aromatic carbocycles. The molecule has 0 aromatic rings. The van der Waals surface area contributed by atoms with E-state index >= 15 is 0 Å². The second kappa shape index (κ2) is 9.70. The largest absolute Gasteiger partial charge is 0.464 e. The third kappa shape index (κ3) is 5.57. The van der Waals surface area contributed by atoms with Gasteiger partial charge in [-0.25, -0.2) is 14.6 Å². The minimum atomic E-state index is -2.44. The topological polar surface area (TPSA) is 108 Å². The van der Waals surface area contributed by atoms with Crippen LogP contribution in [0, 0.1) is 11.8 Å². The lowest BCUT2D eigenvalue weighted by Gasteiger charge is -2.37. The highest BCUT2D eigenvalue weighted by molar-refractivity contribution is 6.72. The first-order valence-electron chi connectivity index (χ1n) is 12.1. The monoisotopic (exact) mass is 477 g/mol. The van der Waals surface area contributed by atoms with Crippen molar-refractivity contribution < 1.29 is 23.9 Å². The number of fused-ring (bicyclic) bond motifs is 2. The Kier molecular flexibility index (Phi) is 7.53. The average molecular weight is 478 g/mol. The lowest BCUT2D eigenvalue weighted by Crippen LogP contribution is -2.53.